The SMILES string of the molecule is CCOc1ccc(N2N=N[C@@H]3C(=O)N(c4ccc(C)cc4)C(=O)[C@@H]32)cc1. The second kappa shape index (κ2) is 6.25. The average molecular weight is 350 g/mol. The van der Waals surface area contributed by atoms with Crippen LogP contribution in [0.2, 0.25) is 0 Å². The van der Waals surface area contributed by atoms with Crippen LogP contribution in [0.3, 0.4) is 0 Å². The Balaban J connectivity index is 1.62. The van der Waals surface area contributed by atoms with Gasteiger partial charge in [0.2, 0.25) is 0 Å². The summed E-state index contributed by atoms with van der Waals surface area (Å²) >= 11 is 0. The predicted molar refractivity (Wildman–Crippen MR) is 96.2 cm³/mol. The van der Waals surface area contributed by atoms with E-state index in [4.69, 9.17) is 4.74 Å². The molecule has 0 bridgehead atoms. The first-order valence-electron chi connectivity index (χ1n) is 8.47. The van der Waals surface area contributed by atoms with Gasteiger partial charge >= 0.3 is 0 Å². The lowest BCUT2D eigenvalue weighted by molar-refractivity contribution is -0.121. The number of benzene rings is 2. The van der Waals surface area contributed by atoms with Crippen molar-refractivity contribution in [2.24, 2.45) is 10.3 Å². The van der Waals surface area contributed by atoms with Gasteiger partial charge in [-0.2, -0.15) is 5.11 Å². The molecule has 2 aliphatic heterocycles. The predicted octanol–water partition coefficient (Wildman–Crippen LogP) is 2.89. The van der Waals surface area contributed by atoms with Crippen LogP contribution in [0, 0.1) is 6.92 Å². The molecule has 7 nitrogen and oxygen atoms in total. The van der Waals surface area contributed by atoms with Crippen molar-refractivity contribution >= 4 is 23.2 Å². The fourth-order valence-electron chi connectivity index (χ4n) is 3.18. The van der Waals surface area contributed by atoms with Crippen molar-refractivity contribution in [3.8, 4) is 5.75 Å². The molecule has 0 unspecified atom stereocenters. The number of nitrogens with zero attached hydrogens (tertiary/aromatic N) is 4. The highest BCUT2D eigenvalue weighted by molar-refractivity contribution is 6.26. The van der Waals surface area contributed by atoms with E-state index in [0.29, 0.717) is 18.0 Å². The van der Waals surface area contributed by atoms with Gasteiger partial charge in [-0.05, 0) is 50.2 Å². The molecule has 2 amide bonds. The number of ether oxygens (including phenoxy) is 1. The maximum atomic E-state index is 13.0. The third-order valence-electron chi connectivity index (χ3n) is 4.49. The average Bonchev–Trinajstić information content (AvgIpc) is 3.18. The molecule has 2 aromatic rings. The largest absolute Gasteiger partial charge is 0.494 e. The summed E-state index contributed by atoms with van der Waals surface area (Å²) in [5.74, 6) is 0.0721. The van der Waals surface area contributed by atoms with Gasteiger partial charge in [-0.15, -0.1) is 0 Å². The van der Waals surface area contributed by atoms with Crippen molar-refractivity contribution < 1.29 is 14.3 Å². The summed E-state index contributed by atoms with van der Waals surface area (Å²) in [6.07, 6.45) is 0. The summed E-state index contributed by atoms with van der Waals surface area (Å²) in [5.41, 5.74) is 2.31. The molecule has 0 N–H and O–H groups in total. The minimum Gasteiger partial charge on any atom is -0.494 e. The lowest BCUT2D eigenvalue weighted by atomic mass is 10.1. The summed E-state index contributed by atoms with van der Waals surface area (Å²) in [6.45, 7) is 4.44. The second-order valence-electron chi connectivity index (χ2n) is 6.21. The molecule has 0 aliphatic carbocycles. The molecule has 1 fully saturated rings. The Morgan fingerprint density at radius 2 is 1.62 bits per heavy atom. The lowest BCUT2D eigenvalue weighted by Gasteiger charge is -2.20. The highest BCUT2D eigenvalue weighted by Crippen LogP contribution is 2.35. The van der Waals surface area contributed by atoms with E-state index in [1.807, 2.05) is 26.0 Å². The minimum absolute atomic E-state index is 0.317. The first kappa shape index (κ1) is 16.3. The van der Waals surface area contributed by atoms with E-state index in [2.05, 4.69) is 10.3 Å². The smallest absolute Gasteiger partial charge is 0.263 e. The number of amides is 2. The summed E-state index contributed by atoms with van der Waals surface area (Å²) in [7, 11) is 0. The van der Waals surface area contributed by atoms with E-state index >= 15 is 0 Å². The van der Waals surface area contributed by atoms with E-state index in [-0.39, 0.29) is 11.8 Å². The Hall–Kier alpha value is -3.22. The third kappa shape index (κ3) is 2.52. The number of hydrogen-bond acceptors (Lipinski definition) is 6. The standard InChI is InChI=1S/C19H18N4O3/c1-3-26-15-10-8-14(9-11-15)23-17-16(20-21-23)18(24)22(19(17)25)13-6-4-12(2)5-7-13/h4-11,16-17H,3H2,1-2H3/t16-,17+/m0/s1. The number of fused-ring (bicyclic) bond motifs is 1. The Morgan fingerprint density at radius 1 is 0.962 bits per heavy atom. The fraction of sp³-hybridized carbons (Fsp3) is 0.263. The fourth-order valence-corrected chi connectivity index (χ4v) is 3.18. The van der Waals surface area contributed by atoms with Crippen LogP contribution in [-0.4, -0.2) is 30.5 Å². The van der Waals surface area contributed by atoms with Crippen LogP contribution in [-0.2, 0) is 9.59 Å². The summed E-state index contributed by atoms with van der Waals surface area (Å²) < 4.78 is 5.43. The highest BCUT2D eigenvalue weighted by atomic mass is 16.5. The van der Waals surface area contributed by atoms with Gasteiger partial charge < -0.3 is 4.74 Å². The zero-order chi connectivity index (χ0) is 18.3. The van der Waals surface area contributed by atoms with Crippen molar-refractivity contribution in [3.05, 3.63) is 54.1 Å². The summed E-state index contributed by atoms with van der Waals surface area (Å²) in [6, 6.07) is 12.9. The normalized spacial score (nSPS) is 21.5. The first-order chi connectivity index (χ1) is 12.6. The molecule has 0 radical (unpaired) electrons. The van der Waals surface area contributed by atoms with Crippen molar-refractivity contribution in [1.29, 1.82) is 0 Å². The van der Waals surface area contributed by atoms with Gasteiger partial charge in [0.1, 0.15) is 5.75 Å². The maximum absolute atomic E-state index is 13.0. The maximum Gasteiger partial charge on any atom is 0.263 e. The van der Waals surface area contributed by atoms with Gasteiger partial charge in [0.15, 0.2) is 12.1 Å². The van der Waals surface area contributed by atoms with E-state index < -0.39 is 12.1 Å². The number of rotatable bonds is 4. The number of hydrogen-bond donors (Lipinski definition) is 0. The Labute approximate surface area is 150 Å². The summed E-state index contributed by atoms with van der Waals surface area (Å²) in [5, 5.41) is 9.61. The molecule has 26 heavy (non-hydrogen) atoms. The molecule has 2 atom stereocenters. The van der Waals surface area contributed by atoms with Gasteiger partial charge in [0.05, 0.1) is 18.0 Å². The van der Waals surface area contributed by atoms with Crippen LogP contribution in [0.4, 0.5) is 11.4 Å². The van der Waals surface area contributed by atoms with Crippen molar-refractivity contribution in [2.45, 2.75) is 25.9 Å². The Morgan fingerprint density at radius 3 is 2.27 bits per heavy atom. The minimum atomic E-state index is -0.810. The van der Waals surface area contributed by atoms with Crippen LogP contribution in [0.5, 0.6) is 5.75 Å². The highest BCUT2D eigenvalue weighted by Gasteiger charge is 2.55. The Kier molecular flexibility index (Phi) is 3.91. The molecule has 2 aromatic carbocycles. The number of carbonyl (C=O) groups excluding carboxylic acids is 2. The first-order valence-corrected chi connectivity index (χ1v) is 8.47. The number of aryl methyl sites for hydroxylation is 1. The number of anilines is 2. The zero-order valence-corrected chi connectivity index (χ0v) is 14.5. The topological polar surface area (TPSA) is 74.6 Å². The van der Waals surface area contributed by atoms with E-state index in [9.17, 15) is 9.59 Å². The molecule has 2 heterocycles. The van der Waals surface area contributed by atoms with Gasteiger partial charge in [0, 0.05) is 0 Å². The van der Waals surface area contributed by atoms with Gasteiger partial charge in [-0.25, -0.2) is 9.91 Å². The van der Waals surface area contributed by atoms with Crippen LogP contribution in [0.1, 0.15) is 12.5 Å². The van der Waals surface area contributed by atoms with Crippen LogP contribution >= 0.6 is 0 Å². The lowest BCUT2D eigenvalue weighted by Crippen LogP contribution is -2.39. The van der Waals surface area contributed by atoms with Crippen molar-refractivity contribution in [2.75, 3.05) is 16.5 Å². The molecule has 0 spiro atoms. The molecule has 4 rings (SSSR count). The quantitative estimate of drug-likeness (QED) is 0.795. The van der Waals surface area contributed by atoms with E-state index in [0.717, 1.165) is 11.3 Å². The molecule has 0 saturated carbocycles. The van der Waals surface area contributed by atoms with Gasteiger partial charge in [-0.3, -0.25) is 9.59 Å². The van der Waals surface area contributed by atoms with Crippen molar-refractivity contribution in [1.82, 2.24) is 0 Å². The summed E-state index contributed by atoms with van der Waals surface area (Å²) in [4.78, 5) is 26.9. The third-order valence-corrected chi connectivity index (χ3v) is 4.49. The van der Waals surface area contributed by atoms with Crippen LogP contribution in [0.15, 0.2) is 58.9 Å². The zero-order valence-electron chi connectivity index (χ0n) is 14.5. The number of carbonyl (C=O) groups is 2. The molecule has 7 heteroatoms. The van der Waals surface area contributed by atoms with Gasteiger partial charge in [-0.1, -0.05) is 22.9 Å². The molecular formula is C19H18N4O3. The number of imide groups is 1. The Bertz CT molecular complexity index is 877. The molecular weight excluding hydrogens is 332 g/mol. The van der Waals surface area contributed by atoms with E-state index in [1.165, 1.54) is 9.91 Å². The van der Waals surface area contributed by atoms with Crippen LogP contribution in [0.25, 0.3) is 0 Å². The van der Waals surface area contributed by atoms with E-state index in [1.54, 1.807) is 36.4 Å². The monoisotopic (exact) mass is 350 g/mol. The molecule has 132 valence electrons. The van der Waals surface area contributed by atoms with Crippen LogP contribution < -0.4 is 14.6 Å². The second-order valence-corrected chi connectivity index (χ2v) is 6.21. The molecule has 2 aliphatic rings. The molecule has 1 saturated heterocycles. The van der Waals surface area contributed by atoms with Gasteiger partial charge in [0.25, 0.3) is 11.8 Å². The van der Waals surface area contributed by atoms with Crippen molar-refractivity contribution in [3.63, 3.8) is 0 Å². The molecule has 0 aromatic heterocycles.